The Morgan fingerprint density at radius 1 is 0.789 bits per heavy atom. The van der Waals surface area contributed by atoms with Crippen LogP contribution in [0, 0.1) is 0 Å². The topological polar surface area (TPSA) is 40.0 Å². The van der Waals surface area contributed by atoms with Gasteiger partial charge in [0.2, 0.25) is 0 Å². The molecule has 0 N–H and O–H groups in total. The van der Waals surface area contributed by atoms with Gasteiger partial charge in [0.1, 0.15) is 0 Å². The van der Waals surface area contributed by atoms with Crippen LogP contribution in [0.5, 0.6) is 0 Å². The normalized spacial score (nSPS) is 14.3. The molecule has 0 rings (SSSR count). The molecule has 116 valence electrons. The van der Waals surface area contributed by atoms with E-state index in [0.29, 0.717) is 0 Å². The molecule has 0 bridgehead atoms. The third-order valence-electron chi connectivity index (χ3n) is 1.50. The maximum absolute atomic E-state index is 6.12. The molecular weight excluding hydrogens is 261 g/mol. The van der Waals surface area contributed by atoms with Crippen molar-refractivity contribution < 1.29 is 13.6 Å². The van der Waals surface area contributed by atoms with E-state index in [1.807, 2.05) is 69.2 Å². The van der Waals surface area contributed by atoms with Crippen LogP contribution in [0.15, 0.2) is 4.74 Å². The molecule has 0 aromatic rings. The lowest BCUT2D eigenvalue weighted by molar-refractivity contribution is 0.0405. The van der Waals surface area contributed by atoms with Gasteiger partial charge in [-0.15, -0.1) is 0 Å². The van der Waals surface area contributed by atoms with E-state index in [-0.39, 0.29) is 23.3 Å². The molecule has 0 unspecified atom stereocenters. The van der Waals surface area contributed by atoms with Gasteiger partial charge in [0.25, 0.3) is 0 Å². The van der Waals surface area contributed by atoms with Crippen molar-refractivity contribution in [3.05, 3.63) is 0 Å². The smallest absolute Gasteiger partial charge is 0.300 e. The Labute approximate surface area is 119 Å². The molecule has 0 saturated carbocycles. The van der Waals surface area contributed by atoms with Crippen molar-refractivity contribution in [3.63, 3.8) is 0 Å². The number of hydrogen-bond donors (Lipinski definition) is 0. The Balaban J connectivity index is 5.65. The largest absolute Gasteiger partial charge is 0.357 e. The van der Waals surface area contributed by atoms with E-state index in [4.69, 9.17) is 18.3 Å². The average Bonchev–Trinajstić information content (AvgIpc) is 1.89. The quantitative estimate of drug-likeness (QED) is 0.637. The van der Waals surface area contributed by atoms with Gasteiger partial charge in [0.15, 0.2) is 0 Å². The molecule has 0 heterocycles. The van der Waals surface area contributed by atoms with E-state index >= 15 is 0 Å². The third-order valence-corrected chi connectivity index (χ3v) is 4.50. The van der Waals surface area contributed by atoms with Crippen LogP contribution in [0.2, 0.25) is 0 Å². The molecule has 4 nitrogen and oxygen atoms in total. The Morgan fingerprint density at radius 2 is 1.16 bits per heavy atom. The summed E-state index contributed by atoms with van der Waals surface area (Å²) in [5, 5.41) is 0. The van der Waals surface area contributed by atoms with Crippen molar-refractivity contribution in [2.45, 2.75) is 92.6 Å². The standard InChI is InChI=1S/C14H32NO3P/c1-11(2)16-19(17-12(3)4,15-13(5,6)7)18-14(8,9)10/h11-12H,1-10H3. The second kappa shape index (κ2) is 6.71. The SMILES string of the molecule is CC(C)OP(=NC(C)(C)C)(OC(C)C)OC(C)(C)C. The first kappa shape index (κ1) is 19.1. The zero-order valence-electron chi connectivity index (χ0n) is 14.3. The van der Waals surface area contributed by atoms with Crippen molar-refractivity contribution in [2.75, 3.05) is 0 Å². The fourth-order valence-corrected chi connectivity index (χ4v) is 4.15. The Hall–Kier alpha value is 0.110. The molecule has 0 atom stereocenters. The molecular formula is C14H32NO3P. The van der Waals surface area contributed by atoms with E-state index in [2.05, 4.69) is 0 Å². The van der Waals surface area contributed by atoms with E-state index in [1.165, 1.54) is 0 Å². The number of rotatable bonds is 5. The Kier molecular flexibility index (Phi) is 6.75. The van der Waals surface area contributed by atoms with Crippen LogP contribution in [0.4, 0.5) is 0 Å². The summed E-state index contributed by atoms with van der Waals surface area (Å²) in [5.74, 6) is 0. The fraction of sp³-hybridized carbons (Fsp3) is 1.00. The molecule has 0 aliphatic rings. The van der Waals surface area contributed by atoms with Crippen LogP contribution >= 0.6 is 7.74 Å². The molecule has 0 radical (unpaired) electrons. The van der Waals surface area contributed by atoms with E-state index in [0.717, 1.165) is 0 Å². The molecule has 0 aliphatic heterocycles. The van der Waals surface area contributed by atoms with Gasteiger partial charge in [-0.05, 0) is 69.2 Å². The minimum Gasteiger partial charge on any atom is -0.300 e. The van der Waals surface area contributed by atoms with Gasteiger partial charge in [0, 0.05) is 0 Å². The number of hydrogen-bond acceptors (Lipinski definition) is 4. The summed E-state index contributed by atoms with van der Waals surface area (Å²) >= 11 is 0. The summed E-state index contributed by atoms with van der Waals surface area (Å²) in [7, 11) is -2.73. The van der Waals surface area contributed by atoms with Crippen LogP contribution in [0.1, 0.15) is 69.2 Å². The lowest BCUT2D eigenvalue weighted by Gasteiger charge is -2.34. The Morgan fingerprint density at radius 3 is 1.37 bits per heavy atom. The van der Waals surface area contributed by atoms with Crippen LogP contribution in [-0.2, 0) is 13.6 Å². The lowest BCUT2D eigenvalue weighted by Crippen LogP contribution is -2.23. The highest BCUT2D eigenvalue weighted by atomic mass is 31.2. The van der Waals surface area contributed by atoms with Gasteiger partial charge < -0.3 is 0 Å². The van der Waals surface area contributed by atoms with Gasteiger partial charge in [-0.1, -0.05) is 0 Å². The van der Waals surface area contributed by atoms with Gasteiger partial charge in [-0.2, -0.15) is 0 Å². The summed E-state index contributed by atoms with van der Waals surface area (Å²) in [5.41, 5.74) is -0.644. The highest BCUT2D eigenvalue weighted by Gasteiger charge is 2.34. The molecule has 0 aromatic heterocycles. The zero-order valence-corrected chi connectivity index (χ0v) is 15.2. The number of nitrogens with zero attached hydrogens (tertiary/aromatic N) is 1. The van der Waals surface area contributed by atoms with Crippen LogP contribution in [0.3, 0.4) is 0 Å². The summed E-state index contributed by atoms with van der Waals surface area (Å²) in [4.78, 5) is 0. The van der Waals surface area contributed by atoms with Crippen molar-refractivity contribution in [3.8, 4) is 0 Å². The molecule has 19 heavy (non-hydrogen) atoms. The Bertz CT molecular complexity index is 311. The van der Waals surface area contributed by atoms with E-state index < -0.39 is 7.74 Å². The van der Waals surface area contributed by atoms with Gasteiger partial charge >= 0.3 is 7.74 Å². The maximum Gasteiger partial charge on any atom is 0.357 e. The van der Waals surface area contributed by atoms with E-state index in [9.17, 15) is 0 Å². The van der Waals surface area contributed by atoms with Crippen LogP contribution < -0.4 is 0 Å². The minimum absolute atomic E-state index is 0.000494. The molecule has 0 fully saturated rings. The first-order valence-electron chi connectivity index (χ1n) is 6.96. The first-order valence-corrected chi connectivity index (χ1v) is 8.45. The second-order valence-electron chi connectivity index (χ2n) is 7.25. The summed E-state index contributed by atoms with van der Waals surface area (Å²) in [6, 6.07) is 0. The second-order valence-corrected chi connectivity index (χ2v) is 8.99. The van der Waals surface area contributed by atoms with Crippen molar-refractivity contribution >= 4 is 7.74 Å². The molecule has 0 aliphatic carbocycles. The monoisotopic (exact) mass is 293 g/mol. The van der Waals surface area contributed by atoms with E-state index in [1.54, 1.807) is 0 Å². The van der Waals surface area contributed by atoms with Gasteiger partial charge in [-0.25, -0.2) is 4.74 Å². The minimum atomic E-state index is -2.73. The van der Waals surface area contributed by atoms with Crippen molar-refractivity contribution in [1.29, 1.82) is 0 Å². The molecule has 0 aromatic carbocycles. The molecule has 0 amide bonds. The van der Waals surface area contributed by atoms with Crippen LogP contribution in [0.25, 0.3) is 0 Å². The van der Waals surface area contributed by atoms with Gasteiger partial charge in [0.05, 0.1) is 23.3 Å². The predicted octanol–water partition coefficient (Wildman–Crippen LogP) is 5.40. The van der Waals surface area contributed by atoms with Crippen molar-refractivity contribution in [1.82, 2.24) is 0 Å². The summed E-state index contributed by atoms with van der Waals surface area (Å²) in [6.07, 6.45) is 0.000988. The average molecular weight is 293 g/mol. The zero-order chi connectivity index (χ0) is 15.5. The molecule has 0 saturated heterocycles. The highest BCUT2D eigenvalue weighted by molar-refractivity contribution is 7.51. The summed E-state index contributed by atoms with van der Waals surface area (Å²) in [6.45, 7) is 20.0. The molecule has 0 spiro atoms. The summed E-state index contributed by atoms with van der Waals surface area (Å²) < 4.78 is 22.9. The molecule has 5 heteroatoms. The lowest BCUT2D eigenvalue weighted by atomic mass is 10.1. The third kappa shape index (κ3) is 9.61. The first-order chi connectivity index (χ1) is 8.25. The fourth-order valence-electron chi connectivity index (χ4n) is 1.38. The maximum atomic E-state index is 6.12. The highest BCUT2D eigenvalue weighted by Crippen LogP contribution is 2.59. The predicted molar refractivity (Wildman–Crippen MR) is 82.4 cm³/mol. The van der Waals surface area contributed by atoms with Gasteiger partial charge in [-0.3, -0.25) is 13.6 Å². The van der Waals surface area contributed by atoms with Crippen molar-refractivity contribution in [2.24, 2.45) is 4.74 Å². The van der Waals surface area contributed by atoms with Crippen LogP contribution in [-0.4, -0.2) is 23.3 Å².